The van der Waals surface area contributed by atoms with Gasteiger partial charge in [-0.1, -0.05) is 48.5 Å². The number of hydrogen-bond donors (Lipinski definition) is 1. The van der Waals surface area contributed by atoms with Crippen LogP contribution in [-0.4, -0.2) is 39.4 Å². The molecule has 0 radical (unpaired) electrons. The highest BCUT2D eigenvalue weighted by Gasteiger charge is 2.35. The zero-order valence-corrected chi connectivity index (χ0v) is 20.1. The highest BCUT2D eigenvalue weighted by atomic mass is 32.1. The summed E-state index contributed by atoms with van der Waals surface area (Å²) < 4.78 is 25.4. The number of rotatable bonds is 6. The minimum atomic E-state index is -0.347. The van der Waals surface area contributed by atoms with E-state index in [9.17, 15) is 4.39 Å². The van der Waals surface area contributed by atoms with E-state index in [0.29, 0.717) is 28.9 Å². The Morgan fingerprint density at radius 2 is 2.03 bits per heavy atom. The van der Waals surface area contributed by atoms with Crippen LogP contribution in [0.15, 0.2) is 58.8 Å². The lowest BCUT2D eigenvalue weighted by Gasteiger charge is -2.38. The Balaban J connectivity index is 1.56. The fourth-order valence-corrected chi connectivity index (χ4v) is 4.87. The van der Waals surface area contributed by atoms with Crippen LogP contribution in [0.25, 0.3) is 17.0 Å². The van der Waals surface area contributed by atoms with Gasteiger partial charge in [0.15, 0.2) is 5.11 Å². The molecule has 2 aromatic carbocycles. The average Bonchev–Trinajstić information content (AvgIpc) is 3.54. The summed E-state index contributed by atoms with van der Waals surface area (Å²) in [6.45, 7) is 5.60. The van der Waals surface area contributed by atoms with E-state index in [1.165, 1.54) is 17.7 Å². The molecule has 1 aromatic heterocycles. The molecule has 0 bridgehead atoms. The first kappa shape index (κ1) is 22.7. The molecule has 1 fully saturated rings. The van der Waals surface area contributed by atoms with Crippen LogP contribution in [0.4, 0.5) is 4.39 Å². The molecule has 0 amide bonds. The molecule has 1 saturated heterocycles. The minimum Gasteiger partial charge on any atom is -0.376 e. The van der Waals surface area contributed by atoms with Crippen molar-refractivity contribution in [1.29, 1.82) is 0 Å². The first-order valence-electron chi connectivity index (χ1n) is 11.6. The largest absolute Gasteiger partial charge is 0.376 e. The highest BCUT2D eigenvalue weighted by molar-refractivity contribution is 7.80. The molecule has 0 spiro atoms. The van der Waals surface area contributed by atoms with Gasteiger partial charge < -0.3 is 19.5 Å². The van der Waals surface area contributed by atoms with E-state index in [2.05, 4.69) is 51.5 Å². The predicted octanol–water partition coefficient (Wildman–Crippen LogP) is 5.28. The van der Waals surface area contributed by atoms with E-state index in [0.717, 1.165) is 42.7 Å². The molecule has 5 rings (SSSR count). The molecule has 176 valence electrons. The number of nitrogens with one attached hydrogen (secondary N) is 1. The summed E-state index contributed by atoms with van der Waals surface area (Å²) in [5.41, 5.74) is 4.67. The third-order valence-corrected chi connectivity index (χ3v) is 6.81. The van der Waals surface area contributed by atoms with E-state index in [1.807, 2.05) is 6.92 Å². The van der Waals surface area contributed by atoms with E-state index < -0.39 is 0 Å². The molecule has 3 heterocycles. The van der Waals surface area contributed by atoms with E-state index in [1.54, 1.807) is 12.1 Å². The smallest absolute Gasteiger partial charge is 0.258 e. The average molecular weight is 479 g/mol. The number of aryl methyl sites for hydroxylation is 1. The number of nitrogens with zero attached hydrogens (tertiary/aromatic N) is 3. The zero-order valence-electron chi connectivity index (χ0n) is 19.3. The second-order valence-electron chi connectivity index (χ2n) is 8.66. The van der Waals surface area contributed by atoms with Crippen LogP contribution in [0.2, 0.25) is 0 Å². The van der Waals surface area contributed by atoms with Crippen LogP contribution in [0, 0.1) is 5.82 Å². The number of halogens is 1. The Labute approximate surface area is 203 Å². The zero-order chi connectivity index (χ0) is 23.7. The molecular weight excluding hydrogens is 451 g/mol. The lowest BCUT2D eigenvalue weighted by Crippen LogP contribution is -2.48. The van der Waals surface area contributed by atoms with Gasteiger partial charge in [0.05, 0.1) is 24.3 Å². The van der Waals surface area contributed by atoms with Gasteiger partial charge in [0.25, 0.3) is 5.89 Å². The van der Waals surface area contributed by atoms with Gasteiger partial charge in [-0.15, -0.1) is 0 Å². The summed E-state index contributed by atoms with van der Waals surface area (Å²) in [5, 5.41) is 8.28. The fourth-order valence-electron chi connectivity index (χ4n) is 4.54. The Morgan fingerprint density at radius 3 is 2.74 bits per heavy atom. The van der Waals surface area contributed by atoms with Crippen molar-refractivity contribution in [2.45, 2.75) is 45.3 Å². The maximum Gasteiger partial charge on any atom is 0.258 e. The van der Waals surface area contributed by atoms with Crippen molar-refractivity contribution in [2.75, 3.05) is 13.2 Å². The SMILES string of the molecule is CCc1ccc(C2NC(=S)N(CC3CCCO3)C(C)=C2c2nc(-c3cccc(F)c3)no2)cc1. The molecule has 34 heavy (non-hydrogen) atoms. The molecular formula is C26H27FN4O2S. The van der Waals surface area contributed by atoms with Crippen LogP contribution in [0.1, 0.15) is 49.7 Å². The summed E-state index contributed by atoms with van der Waals surface area (Å²) in [6, 6.07) is 14.4. The summed E-state index contributed by atoms with van der Waals surface area (Å²) in [5.74, 6) is 0.378. The second kappa shape index (κ2) is 9.64. The van der Waals surface area contributed by atoms with E-state index >= 15 is 0 Å². The summed E-state index contributed by atoms with van der Waals surface area (Å²) >= 11 is 5.78. The standard InChI is InChI=1S/C26H27FN4O2S/c1-3-17-9-11-18(12-10-17)23-22(16(2)31(26(34)28-23)15-21-8-5-13-32-21)25-29-24(30-33-25)19-6-4-7-20(27)14-19/h4,6-7,9-12,14,21,23H,3,5,8,13,15H2,1-2H3,(H,28,34). The minimum absolute atomic E-state index is 0.127. The highest BCUT2D eigenvalue weighted by Crippen LogP contribution is 2.38. The molecule has 2 atom stereocenters. The van der Waals surface area contributed by atoms with E-state index in [4.69, 9.17) is 21.5 Å². The lowest BCUT2D eigenvalue weighted by atomic mass is 9.93. The lowest BCUT2D eigenvalue weighted by molar-refractivity contribution is 0.0962. The Bertz CT molecular complexity index is 1220. The van der Waals surface area contributed by atoms with E-state index in [-0.39, 0.29) is 18.0 Å². The normalized spacial score (nSPS) is 20.7. The Kier molecular flexibility index (Phi) is 6.43. The molecule has 2 aliphatic heterocycles. The number of benzene rings is 2. The third kappa shape index (κ3) is 4.48. The summed E-state index contributed by atoms with van der Waals surface area (Å²) in [4.78, 5) is 6.71. The Hall–Kier alpha value is -3.10. The summed E-state index contributed by atoms with van der Waals surface area (Å²) in [7, 11) is 0. The number of thiocarbonyl (C=S) groups is 1. The van der Waals surface area contributed by atoms with Crippen molar-refractivity contribution in [3.8, 4) is 11.4 Å². The number of allylic oxidation sites excluding steroid dienone is 1. The summed E-state index contributed by atoms with van der Waals surface area (Å²) in [6.07, 6.45) is 3.16. The molecule has 0 saturated carbocycles. The van der Waals surface area contributed by atoms with Crippen LogP contribution < -0.4 is 5.32 Å². The molecule has 2 aliphatic rings. The molecule has 2 unspecified atom stereocenters. The number of aromatic nitrogens is 2. The van der Waals surface area contributed by atoms with Gasteiger partial charge in [-0.3, -0.25) is 0 Å². The molecule has 1 N–H and O–H groups in total. The quantitative estimate of drug-likeness (QED) is 0.484. The fraction of sp³-hybridized carbons (Fsp3) is 0.346. The topological polar surface area (TPSA) is 63.4 Å². The maximum absolute atomic E-state index is 13.8. The third-order valence-electron chi connectivity index (χ3n) is 6.47. The van der Waals surface area contributed by atoms with Crippen LogP contribution in [0.3, 0.4) is 0 Å². The molecule has 8 heteroatoms. The van der Waals surface area contributed by atoms with Crippen molar-refractivity contribution in [1.82, 2.24) is 20.4 Å². The molecule has 6 nitrogen and oxygen atoms in total. The first-order valence-corrected chi connectivity index (χ1v) is 12.0. The van der Waals surface area contributed by atoms with Gasteiger partial charge in [-0.2, -0.15) is 4.98 Å². The Morgan fingerprint density at radius 1 is 1.21 bits per heavy atom. The van der Waals surface area contributed by atoms with Crippen molar-refractivity contribution in [3.05, 3.63) is 77.1 Å². The van der Waals surface area contributed by atoms with Crippen molar-refractivity contribution in [3.63, 3.8) is 0 Å². The van der Waals surface area contributed by atoms with Crippen molar-refractivity contribution < 1.29 is 13.7 Å². The van der Waals surface area contributed by atoms with Crippen LogP contribution in [-0.2, 0) is 11.2 Å². The second-order valence-corrected chi connectivity index (χ2v) is 9.04. The predicted molar refractivity (Wildman–Crippen MR) is 132 cm³/mol. The van der Waals surface area contributed by atoms with Crippen molar-refractivity contribution in [2.24, 2.45) is 0 Å². The van der Waals surface area contributed by atoms with Gasteiger partial charge in [-0.05, 0) is 61.7 Å². The van der Waals surface area contributed by atoms with Gasteiger partial charge >= 0.3 is 0 Å². The first-order chi connectivity index (χ1) is 16.5. The van der Waals surface area contributed by atoms with Crippen LogP contribution >= 0.6 is 12.2 Å². The van der Waals surface area contributed by atoms with Crippen molar-refractivity contribution >= 4 is 22.9 Å². The molecule has 3 aromatic rings. The maximum atomic E-state index is 13.8. The van der Waals surface area contributed by atoms with Gasteiger partial charge in [0, 0.05) is 17.9 Å². The van der Waals surface area contributed by atoms with Gasteiger partial charge in [0.1, 0.15) is 5.82 Å². The number of hydrogen-bond acceptors (Lipinski definition) is 5. The van der Waals surface area contributed by atoms with Gasteiger partial charge in [0.2, 0.25) is 5.82 Å². The molecule has 0 aliphatic carbocycles. The van der Waals surface area contributed by atoms with Gasteiger partial charge in [-0.25, -0.2) is 4.39 Å². The monoisotopic (exact) mass is 478 g/mol. The number of ether oxygens (including phenoxy) is 1. The van der Waals surface area contributed by atoms with Crippen LogP contribution in [0.5, 0.6) is 0 Å².